The van der Waals surface area contributed by atoms with E-state index in [2.05, 4.69) is 10.3 Å². The highest BCUT2D eigenvalue weighted by molar-refractivity contribution is 5.89. The van der Waals surface area contributed by atoms with Crippen LogP contribution in [0.25, 0.3) is 11.0 Å². The molecule has 6 nitrogen and oxygen atoms in total. The van der Waals surface area contributed by atoms with Gasteiger partial charge in [0.2, 0.25) is 0 Å². The van der Waals surface area contributed by atoms with Crippen molar-refractivity contribution in [1.29, 1.82) is 0 Å². The number of hydrogen-bond acceptors (Lipinski definition) is 5. The minimum Gasteiger partial charge on any atom is -0.463 e. The SMILES string of the molecule is O=C(OC(c1ccco1)n1nnc2ccccc21)c1ccccc1. The number of carbonyl (C=O) groups is 1. The Morgan fingerprint density at radius 3 is 2.58 bits per heavy atom. The normalized spacial score (nSPS) is 12.2. The van der Waals surface area contributed by atoms with Crippen LogP contribution in [0, 0.1) is 0 Å². The van der Waals surface area contributed by atoms with Crippen LogP contribution >= 0.6 is 0 Å². The maximum atomic E-state index is 12.5. The van der Waals surface area contributed by atoms with Crippen LogP contribution in [0.5, 0.6) is 0 Å². The number of furan rings is 1. The summed E-state index contributed by atoms with van der Waals surface area (Å²) in [4.78, 5) is 12.5. The van der Waals surface area contributed by atoms with Crippen molar-refractivity contribution in [2.24, 2.45) is 0 Å². The zero-order chi connectivity index (χ0) is 16.4. The molecule has 0 N–H and O–H groups in total. The van der Waals surface area contributed by atoms with Gasteiger partial charge in [-0.05, 0) is 36.4 Å². The van der Waals surface area contributed by atoms with E-state index in [4.69, 9.17) is 9.15 Å². The summed E-state index contributed by atoms with van der Waals surface area (Å²) in [5.74, 6) is 0.00603. The minimum atomic E-state index is -0.833. The molecule has 118 valence electrons. The fourth-order valence-electron chi connectivity index (χ4n) is 2.46. The van der Waals surface area contributed by atoms with Gasteiger partial charge in [0.05, 0.1) is 17.3 Å². The molecule has 24 heavy (non-hydrogen) atoms. The van der Waals surface area contributed by atoms with Crippen LogP contribution in [-0.4, -0.2) is 21.0 Å². The number of hydrogen-bond donors (Lipinski definition) is 0. The van der Waals surface area contributed by atoms with Gasteiger partial charge in [-0.15, -0.1) is 5.10 Å². The molecule has 1 unspecified atom stereocenters. The van der Waals surface area contributed by atoms with Gasteiger partial charge < -0.3 is 9.15 Å². The number of nitrogens with zero attached hydrogens (tertiary/aromatic N) is 3. The van der Waals surface area contributed by atoms with Crippen LogP contribution in [0.1, 0.15) is 22.3 Å². The molecular weight excluding hydrogens is 306 g/mol. The summed E-state index contributed by atoms with van der Waals surface area (Å²) < 4.78 is 12.6. The highest BCUT2D eigenvalue weighted by Crippen LogP contribution is 2.25. The Morgan fingerprint density at radius 2 is 1.79 bits per heavy atom. The quantitative estimate of drug-likeness (QED) is 0.539. The lowest BCUT2D eigenvalue weighted by Gasteiger charge is -2.16. The van der Waals surface area contributed by atoms with E-state index in [1.165, 1.54) is 10.9 Å². The van der Waals surface area contributed by atoms with E-state index in [9.17, 15) is 4.79 Å². The van der Waals surface area contributed by atoms with Gasteiger partial charge in [-0.2, -0.15) is 4.68 Å². The van der Waals surface area contributed by atoms with Crippen LogP contribution < -0.4 is 0 Å². The molecule has 2 aromatic carbocycles. The predicted octanol–water partition coefficient (Wildman–Crippen LogP) is 3.43. The molecule has 0 bridgehead atoms. The zero-order valence-corrected chi connectivity index (χ0v) is 12.6. The van der Waals surface area contributed by atoms with Crippen molar-refractivity contribution in [2.45, 2.75) is 6.23 Å². The van der Waals surface area contributed by atoms with Crippen molar-refractivity contribution in [1.82, 2.24) is 15.0 Å². The van der Waals surface area contributed by atoms with Gasteiger partial charge in [0.1, 0.15) is 5.52 Å². The van der Waals surface area contributed by atoms with Crippen molar-refractivity contribution < 1.29 is 13.9 Å². The van der Waals surface area contributed by atoms with Crippen molar-refractivity contribution in [2.75, 3.05) is 0 Å². The summed E-state index contributed by atoms with van der Waals surface area (Å²) in [5, 5.41) is 8.24. The first-order chi connectivity index (χ1) is 11.8. The third-order valence-electron chi connectivity index (χ3n) is 3.61. The largest absolute Gasteiger partial charge is 0.463 e. The fourth-order valence-corrected chi connectivity index (χ4v) is 2.46. The Bertz CT molecular complexity index is 962. The van der Waals surface area contributed by atoms with E-state index < -0.39 is 12.2 Å². The van der Waals surface area contributed by atoms with Gasteiger partial charge in [0.25, 0.3) is 6.23 Å². The molecule has 0 fully saturated rings. The van der Waals surface area contributed by atoms with Gasteiger partial charge >= 0.3 is 5.97 Å². The van der Waals surface area contributed by atoms with Gasteiger partial charge in [-0.25, -0.2) is 4.79 Å². The molecule has 1 atom stereocenters. The fraction of sp³-hybridized carbons (Fsp3) is 0.0556. The standard InChI is InChI=1S/C18H13N3O3/c22-18(13-7-2-1-3-8-13)24-17(16-11-6-12-23-16)21-15-10-5-4-9-14(15)19-20-21/h1-12,17H. The molecule has 6 heteroatoms. The van der Waals surface area contributed by atoms with Crippen molar-refractivity contribution in [3.63, 3.8) is 0 Å². The van der Waals surface area contributed by atoms with Crippen LogP contribution in [0.4, 0.5) is 0 Å². The van der Waals surface area contributed by atoms with E-state index in [0.29, 0.717) is 16.8 Å². The predicted molar refractivity (Wildman–Crippen MR) is 86.2 cm³/mol. The molecule has 4 aromatic rings. The van der Waals surface area contributed by atoms with Crippen molar-refractivity contribution in [3.8, 4) is 0 Å². The average molecular weight is 319 g/mol. The Kier molecular flexibility index (Phi) is 3.55. The molecule has 0 amide bonds. The van der Waals surface area contributed by atoms with E-state index in [-0.39, 0.29) is 0 Å². The molecule has 0 saturated carbocycles. The van der Waals surface area contributed by atoms with Gasteiger partial charge in [0.15, 0.2) is 5.76 Å². The number of ether oxygens (including phenoxy) is 1. The van der Waals surface area contributed by atoms with E-state index in [0.717, 1.165) is 5.52 Å². The number of benzene rings is 2. The summed E-state index contributed by atoms with van der Waals surface area (Å²) >= 11 is 0. The Balaban J connectivity index is 1.74. The van der Waals surface area contributed by atoms with Crippen LogP contribution in [0.15, 0.2) is 77.4 Å². The molecule has 0 saturated heterocycles. The van der Waals surface area contributed by atoms with E-state index in [1.54, 1.807) is 36.4 Å². The van der Waals surface area contributed by atoms with Crippen LogP contribution in [-0.2, 0) is 4.74 Å². The third-order valence-corrected chi connectivity index (χ3v) is 3.61. The molecule has 0 aliphatic rings. The van der Waals surface area contributed by atoms with E-state index in [1.807, 2.05) is 30.3 Å². The highest BCUT2D eigenvalue weighted by atomic mass is 16.6. The monoisotopic (exact) mass is 319 g/mol. The molecule has 0 aliphatic heterocycles. The molecule has 4 rings (SSSR count). The van der Waals surface area contributed by atoms with Crippen molar-refractivity contribution in [3.05, 3.63) is 84.3 Å². The average Bonchev–Trinajstić information content (AvgIpc) is 3.30. The molecule has 0 aliphatic carbocycles. The first-order valence-electron chi connectivity index (χ1n) is 7.42. The molecule has 0 radical (unpaired) electrons. The van der Waals surface area contributed by atoms with Gasteiger partial charge in [-0.3, -0.25) is 0 Å². The zero-order valence-electron chi connectivity index (χ0n) is 12.6. The maximum absolute atomic E-state index is 12.5. The molecule has 2 aromatic heterocycles. The second-order valence-corrected chi connectivity index (χ2v) is 5.16. The Hall–Kier alpha value is -3.41. The minimum absolute atomic E-state index is 0.457. The van der Waals surface area contributed by atoms with E-state index >= 15 is 0 Å². The summed E-state index contributed by atoms with van der Waals surface area (Å²) in [6.07, 6.45) is 0.692. The maximum Gasteiger partial charge on any atom is 0.340 e. The molecule has 2 heterocycles. The van der Waals surface area contributed by atoms with Crippen molar-refractivity contribution >= 4 is 17.0 Å². The lowest BCUT2D eigenvalue weighted by Crippen LogP contribution is -2.19. The summed E-state index contributed by atoms with van der Waals surface area (Å²) in [5.41, 5.74) is 1.92. The summed E-state index contributed by atoms with van der Waals surface area (Å²) in [6, 6.07) is 19.7. The Labute approximate surface area is 137 Å². The number of fused-ring (bicyclic) bond motifs is 1. The second-order valence-electron chi connectivity index (χ2n) is 5.16. The number of aromatic nitrogens is 3. The smallest absolute Gasteiger partial charge is 0.340 e. The Morgan fingerprint density at radius 1 is 1.00 bits per heavy atom. The summed E-state index contributed by atoms with van der Waals surface area (Å²) in [6.45, 7) is 0. The first-order valence-corrected chi connectivity index (χ1v) is 7.42. The number of para-hydroxylation sites is 1. The second kappa shape index (κ2) is 6.00. The van der Waals surface area contributed by atoms with Crippen LogP contribution in [0.2, 0.25) is 0 Å². The van der Waals surface area contributed by atoms with Crippen LogP contribution in [0.3, 0.4) is 0 Å². The molecule has 0 spiro atoms. The number of carbonyl (C=O) groups excluding carboxylic acids is 1. The molecular formula is C18H13N3O3. The number of rotatable bonds is 4. The number of esters is 1. The first kappa shape index (κ1) is 14.2. The lowest BCUT2D eigenvalue weighted by atomic mass is 10.2. The van der Waals surface area contributed by atoms with Gasteiger partial charge in [0, 0.05) is 0 Å². The third kappa shape index (κ3) is 2.54. The topological polar surface area (TPSA) is 70.2 Å². The summed E-state index contributed by atoms with van der Waals surface area (Å²) in [7, 11) is 0. The van der Waals surface area contributed by atoms with Gasteiger partial charge in [-0.1, -0.05) is 35.5 Å². The lowest BCUT2D eigenvalue weighted by molar-refractivity contribution is 0.0131. The highest BCUT2D eigenvalue weighted by Gasteiger charge is 2.25.